The molecule has 1 heterocycles. The van der Waals surface area contributed by atoms with Gasteiger partial charge in [0.15, 0.2) is 0 Å². The molecule has 0 saturated heterocycles. The molecule has 0 saturated carbocycles. The van der Waals surface area contributed by atoms with Crippen LogP contribution in [0.5, 0.6) is 0 Å². The molecule has 2 rings (SSSR count). The number of nitrogens with one attached hydrogen (secondary N) is 2. The second-order valence-electron chi connectivity index (χ2n) is 5.50. The first kappa shape index (κ1) is 18.1. The third-order valence-electron chi connectivity index (χ3n) is 3.59. The summed E-state index contributed by atoms with van der Waals surface area (Å²) in [6.07, 6.45) is 0.875. The molecule has 0 fully saturated rings. The van der Waals surface area contributed by atoms with E-state index < -0.39 is 0 Å². The molecule has 0 aliphatic rings. The highest BCUT2D eigenvalue weighted by atomic mass is 32.1. The van der Waals surface area contributed by atoms with Gasteiger partial charge in [0.1, 0.15) is 10.7 Å². The molecule has 2 aromatic rings. The Kier molecular flexibility index (Phi) is 6.45. The zero-order valence-electron chi connectivity index (χ0n) is 13.8. The summed E-state index contributed by atoms with van der Waals surface area (Å²) < 4.78 is 0. The number of aromatic nitrogens is 1. The van der Waals surface area contributed by atoms with Gasteiger partial charge in [-0.05, 0) is 31.0 Å². The van der Waals surface area contributed by atoms with Crippen LogP contribution in [0.4, 0.5) is 0 Å². The molecule has 0 spiro atoms. The first-order valence-corrected chi connectivity index (χ1v) is 8.74. The number of hydrogen-bond acceptors (Lipinski definition) is 5. The van der Waals surface area contributed by atoms with E-state index in [9.17, 15) is 9.59 Å². The predicted octanol–water partition coefficient (Wildman–Crippen LogP) is 2.06. The Hall–Kier alpha value is -2.25. The number of nitrogens with zero attached hydrogens (tertiary/aromatic N) is 1. The van der Waals surface area contributed by atoms with Gasteiger partial charge in [0.25, 0.3) is 11.8 Å². The summed E-state index contributed by atoms with van der Waals surface area (Å²) in [7, 11) is 0. The highest BCUT2D eigenvalue weighted by Crippen LogP contribution is 2.10. The lowest BCUT2D eigenvalue weighted by atomic mass is 10.1. The fourth-order valence-electron chi connectivity index (χ4n) is 2.01. The Morgan fingerprint density at radius 3 is 2.79 bits per heavy atom. The molecule has 2 amide bonds. The van der Waals surface area contributed by atoms with Crippen LogP contribution in [0.25, 0.3) is 0 Å². The third-order valence-corrected chi connectivity index (χ3v) is 4.46. The quantitative estimate of drug-likeness (QED) is 0.715. The van der Waals surface area contributed by atoms with Crippen LogP contribution in [0.15, 0.2) is 29.6 Å². The second-order valence-corrected chi connectivity index (χ2v) is 6.44. The minimum atomic E-state index is -0.250. The van der Waals surface area contributed by atoms with E-state index in [4.69, 9.17) is 5.73 Å². The molecule has 0 radical (unpaired) electrons. The topological polar surface area (TPSA) is 97.1 Å². The molecule has 1 unspecified atom stereocenters. The van der Waals surface area contributed by atoms with Gasteiger partial charge in [-0.15, -0.1) is 11.3 Å². The number of amides is 2. The fraction of sp³-hybridized carbons (Fsp3) is 0.353. The van der Waals surface area contributed by atoms with Crippen LogP contribution in [0.2, 0.25) is 0 Å². The van der Waals surface area contributed by atoms with E-state index in [1.165, 1.54) is 11.3 Å². The third kappa shape index (κ3) is 4.87. The van der Waals surface area contributed by atoms with Gasteiger partial charge in [-0.3, -0.25) is 9.59 Å². The molecule has 6 nitrogen and oxygen atoms in total. The van der Waals surface area contributed by atoms with Crippen molar-refractivity contribution >= 4 is 23.2 Å². The van der Waals surface area contributed by atoms with Gasteiger partial charge in [0.05, 0.1) is 0 Å². The van der Waals surface area contributed by atoms with Crippen LogP contribution in [-0.2, 0) is 13.1 Å². The number of rotatable bonds is 7. The van der Waals surface area contributed by atoms with Crippen molar-refractivity contribution in [2.45, 2.75) is 39.4 Å². The van der Waals surface area contributed by atoms with E-state index in [0.717, 1.165) is 17.0 Å². The van der Waals surface area contributed by atoms with Gasteiger partial charge in [-0.25, -0.2) is 4.98 Å². The van der Waals surface area contributed by atoms with Crippen LogP contribution in [-0.4, -0.2) is 22.8 Å². The van der Waals surface area contributed by atoms with Gasteiger partial charge in [-0.2, -0.15) is 0 Å². The van der Waals surface area contributed by atoms with Gasteiger partial charge >= 0.3 is 0 Å². The normalized spacial score (nSPS) is 11.8. The fourth-order valence-corrected chi connectivity index (χ4v) is 2.67. The van der Waals surface area contributed by atoms with Crippen molar-refractivity contribution < 1.29 is 9.59 Å². The maximum absolute atomic E-state index is 12.1. The summed E-state index contributed by atoms with van der Waals surface area (Å²) in [6, 6.07) is 7.35. The lowest BCUT2D eigenvalue weighted by molar-refractivity contribution is 0.0936. The number of carbonyl (C=O) groups is 2. The van der Waals surface area contributed by atoms with Gasteiger partial charge in [-0.1, -0.05) is 19.1 Å². The largest absolute Gasteiger partial charge is 0.350 e. The van der Waals surface area contributed by atoms with Crippen LogP contribution in [0, 0.1) is 0 Å². The van der Waals surface area contributed by atoms with Crippen molar-refractivity contribution in [1.29, 1.82) is 0 Å². The molecular formula is C17H22N4O2S. The van der Waals surface area contributed by atoms with E-state index in [2.05, 4.69) is 15.6 Å². The maximum Gasteiger partial charge on any atom is 0.271 e. The van der Waals surface area contributed by atoms with E-state index >= 15 is 0 Å². The Morgan fingerprint density at radius 1 is 1.33 bits per heavy atom. The lowest BCUT2D eigenvalue weighted by Crippen LogP contribution is -2.32. The molecule has 1 aromatic heterocycles. The van der Waals surface area contributed by atoms with Crippen molar-refractivity contribution in [2.24, 2.45) is 5.73 Å². The average molecular weight is 346 g/mol. The van der Waals surface area contributed by atoms with Crippen LogP contribution < -0.4 is 16.4 Å². The molecule has 1 aromatic carbocycles. The Balaban J connectivity index is 1.96. The van der Waals surface area contributed by atoms with E-state index in [1.54, 1.807) is 17.5 Å². The van der Waals surface area contributed by atoms with Crippen molar-refractivity contribution in [2.75, 3.05) is 0 Å². The SMILES string of the molecule is CCC(C)NC(=O)c1cccc(CNC(=O)c2csc(CN)n2)c1. The summed E-state index contributed by atoms with van der Waals surface area (Å²) in [6.45, 7) is 4.64. The smallest absolute Gasteiger partial charge is 0.271 e. The number of thiazole rings is 1. The predicted molar refractivity (Wildman–Crippen MR) is 94.8 cm³/mol. The number of hydrogen-bond donors (Lipinski definition) is 3. The Bertz CT molecular complexity index is 714. The highest BCUT2D eigenvalue weighted by molar-refractivity contribution is 7.09. The summed E-state index contributed by atoms with van der Waals surface area (Å²) >= 11 is 1.36. The zero-order chi connectivity index (χ0) is 17.5. The van der Waals surface area contributed by atoms with Crippen LogP contribution in [0.1, 0.15) is 51.7 Å². The van der Waals surface area contributed by atoms with Crippen LogP contribution in [0.3, 0.4) is 0 Å². The average Bonchev–Trinajstić information content (AvgIpc) is 3.09. The van der Waals surface area contributed by atoms with Crippen molar-refractivity contribution in [3.05, 3.63) is 51.5 Å². The van der Waals surface area contributed by atoms with Gasteiger partial charge < -0.3 is 16.4 Å². The van der Waals surface area contributed by atoms with Crippen molar-refractivity contribution in [3.8, 4) is 0 Å². The summed E-state index contributed by atoms with van der Waals surface area (Å²) in [4.78, 5) is 28.4. The Labute approximate surface area is 145 Å². The van der Waals surface area contributed by atoms with E-state index in [1.807, 2.05) is 26.0 Å². The molecule has 24 heavy (non-hydrogen) atoms. The lowest BCUT2D eigenvalue weighted by Gasteiger charge is -2.12. The first-order valence-electron chi connectivity index (χ1n) is 7.86. The number of carbonyl (C=O) groups excluding carboxylic acids is 2. The molecule has 7 heteroatoms. The molecular weight excluding hydrogens is 324 g/mol. The van der Waals surface area contributed by atoms with E-state index in [-0.39, 0.29) is 17.9 Å². The summed E-state index contributed by atoms with van der Waals surface area (Å²) in [5, 5.41) is 8.14. The van der Waals surface area contributed by atoms with Gasteiger partial charge in [0.2, 0.25) is 0 Å². The van der Waals surface area contributed by atoms with Crippen LogP contribution >= 0.6 is 11.3 Å². The summed E-state index contributed by atoms with van der Waals surface area (Å²) in [5.41, 5.74) is 7.30. The van der Waals surface area contributed by atoms with E-state index in [0.29, 0.717) is 24.3 Å². The molecule has 0 bridgehead atoms. The minimum Gasteiger partial charge on any atom is -0.350 e. The summed E-state index contributed by atoms with van der Waals surface area (Å²) in [5.74, 6) is -0.356. The zero-order valence-corrected chi connectivity index (χ0v) is 14.7. The number of nitrogens with two attached hydrogens (primary N) is 1. The van der Waals surface area contributed by atoms with Crippen molar-refractivity contribution in [3.63, 3.8) is 0 Å². The molecule has 0 aliphatic heterocycles. The van der Waals surface area contributed by atoms with Gasteiger partial charge in [0, 0.05) is 30.1 Å². The Morgan fingerprint density at radius 2 is 2.12 bits per heavy atom. The molecule has 0 aliphatic carbocycles. The monoisotopic (exact) mass is 346 g/mol. The molecule has 4 N–H and O–H groups in total. The van der Waals surface area contributed by atoms with Crippen molar-refractivity contribution in [1.82, 2.24) is 15.6 Å². The maximum atomic E-state index is 12.1. The second kappa shape index (κ2) is 8.56. The molecule has 128 valence electrons. The first-order chi connectivity index (χ1) is 11.5. The standard InChI is InChI=1S/C17H22N4O2S/c1-3-11(2)20-16(22)13-6-4-5-12(7-13)9-19-17(23)14-10-24-15(8-18)21-14/h4-7,10-11H,3,8-9,18H2,1-2H3,(H,19,23)(H,20,22). The number of benzene rings is 1. The minimum absolute atomic E-state index is 0.107. The highest BCUT2D eigenvalue weighted by Gasteiger charge is 2.11. The molecule has 1 atom stereocenters.